The summed E-state index contributed by atoms with van der Waals surface area (Å²) >= 11 is 0. The molecule has 2 N–H and O–H groups in total. The van der Waals surface area contributed by atoms with Crippen molar-refractivity contribution in [2.75, 3.05) is 7.11 Å². The fourth-order valence-electron chi connectivity index (χ4n) is 2.30. The van der Waals surface area contributed by atoms with E-state index in [1.807, 2.05) is 12.1 Å². The molecule has 2 aromatic carbocycles. The van der Waals surface area contributed by atoms with Crippen LogP contribution in [0.5, 0.6) is 11.5 Å². The number of aromatic hydroxyl groups is 1. The number of hydrogen-bond acceptors (Lipinski definition) is 3. The van der Waals surface area contributed by atoms with Crippen LogP contribution in [-0.2, 0) is 6.54 Å². The number of aryl methyl sites for hydroxylation is 1. The van der Waals surface area contributed by atoms with E-state index in [2.05, 4.69) is 37.4 Å². The summed E-state index contributed by atoms with van der Waals surface area (Å²) < 4.78 is 5.04. The zero-order valence-corrected chi connectivity index (χ0v) is 12.2. The summed E-state index contributed by atoms with van der Waals surface area (Å²) in [6, 6.07) is 14.1. The van der Waals surface area contributed by atoms with Crippen molar-refractivity contribution in [1.29, 1.82) is 0 Å². The minimum absolute atomic E-state index is 0.176. The topological polar surface area (TPSA) is 41.5 Å². The fraction of sp³-hybridized carbons (Fsp3) is 0.294. The van der Waals surface area contributed by atoms with E-state index in [1.165, 1.54) is 11.1 Å². The highest BCUT2D eigenvalue weighted by Crippen LogP contribution is 2.26. The van der Waals surface area contributed by atoms with Gasteiger partial charge >= 0.3 is 0 Å². The fourth-order valence-corrected chi connectivity index (χ4v) is 2.30. The van der Waals surface area contributed by atoms with Crippen molar-refractivity contribution in [3.63, 3.8) is 0 Å². The minimum atomic E-state index is 0.176. The minimum Gasteiger partial charge on any atom is -0.504 e. The number of nitrogens with one attached hydrogen (secondary N) is 1. The van der Waals surface area contributed by atoms with Crippen LogP contribution in [0.4, 0.5) is 0 Å². The van der Waals surface area contributed by atoms with Gasteiger partial charge in [0, 0.05) is 12.6 Å². The zero-order valence-electron chi connectivity index (χ0n) is 12.2. The molecule has 0 radical (unpaired) electrons. The molecule has 3 heteroatoms. The van der Waals surface area contributed by atoms with Gasteiger partial charge in [0.15, 0.2) is 11.5 Å². The first-order valence-corrected chi connectivity index (χ1v) is 6.76. The van der Waals surface area contributed by atoms with Crippen LogP contribution in [0.3, 0.4) is 0 Å². The van der Waals surface area contributed by atoms with Gasteiger partial charge in [0.05, 0.1) is 7.11 Å². The Hall–Kier alpha value is -2.00. The van der Waals surface area contributed by atoms with Gasteiger partial charge in [0.25, 0.3) is 0 Å². The maximum Gasteiger partial charge on any atom is 0.160 e. The van der Waals surface area contributed by atoms with Crippen molar-refractivity contribution >= 4 is 0 Å². The molecule has 0 aliphatic rings. The second-order valence-electron chi connectivity index (χ2n) is 4.97. The predicted molar refractivity (Wildman–Crippen MR) is 81.1 cm³/mol. The average Bonchev–Trinajstić information content (AvgIpc) is 2.45. The molecule has 20 heavy (non-hydrogen) atoms. The molecular weight excluding hydrogens is 250 g/mol. The molecule has 0 amide bonds. The normalized spacial score (nSPS) is 12.2. The van der Waals surface area contributed by atoms with E-state index in [9.17, 15) is 5.11 Å². The summed E-state index contributed by atoms with van der Waals surface area (Å²) in [5.41, 5.74) is 3.61. The predicted octanol–water partition coefficient (Wildman–Crippen LogP) is 3.56. The standard InChI is InChI=1S/C17H21NO2/c1-12-6-4-5-7-15(12)13(2)18-11-14-8-9-17(20-3)16(19)10-14/h4-10,13,18-19H,11H2,1-3H3. The Labute approximate surface area is 120 Å². The number of rotatable bonds is 5. The number of benzene rings is 2. The first kappa shape index (κ1) is 14.4. The van der Waals surface area contributed by atoms with Crippen molar-refractivity contribution in [2.24, 2.45) is 0 Å². The molecule has 2 aromatic rings. The van der Waals surface area contributed by atoms with Crippen LogP contribution < -0.4 is 10.1 Å². The van der Waals surface area contributed by atoms with E-state index >= 15 is 0 Å². The number of ether oxygens (including phenoxy) is 1. The molecule has 0 spiro atoms. The van der Waals surface area contributed by atoms with E-state index in [0.29, 0.717) is 12.3 Å². The van der Waals surface area contributed by atoms with Crippen LogP contribution in [0.2, 0.25) is 0 Å². The van der Waals surface area contributed by atoms with E-state index in [4.69, 9.17) is 4.74 Å². The number of phenolic OH excluding ortho intramolecular Hbond substituents is 1. The Morgan fingerprint density at radius 1 is 1.20 bits per heavy atom. The van der Waals surface area contributed by atoms with Gasteiger partial charge in [-0.05, 0) is 42.7 Å². The second-order valence-corrected chi connectivity index (χ2v) is 4.97. The molecule has 1 unspecified atom stereocenters. The smallest absolute Gasteiger partial charge is 0.160 e. The first-order valence-electron chi connectivity index (χ1n) is 6.76. The zero-order chi connectivity index (χ0) is 14.5. The van der Waals surface area contributed by atoms with E-state index in [1.54, 1.807) is 19.2 Å². The lowest BCUT2D eigenvalue weighted by Crippen LogP contribution is -2.18. The Morgan fingerprint density at radius 2 is 1.95 bits per heavy atom. The van der Waals surface area contributed by atoms with Gasteiger partial charge in [-0.1, -0.05) is 30.3 Å². The van der Waals surface area contributed by atoms with Gasteiger partial charge in [-0.25, -0.2) is 0 Å². The molecule has 2 rings (SSSR count). The summed E-state index contributed by atoms with van der Waals surface area (Å²) in [5.74, 6) is 0.677. The molecule has 106 valence electrons. The summed E-state index contributed by atoms with van der Waals surface area (Å²) in [4.78, 5) is 0. The van der Waals surface area contributed by atoms with Crippen molar-refractivity contribution in [1.82, 2.24) is 5.32 Å². The van der Waals surface area contributed by atoms with Gasteiger partial charge in [-0.15, -0.1) is 0 Å². The SMILES string of the molecule is COc1ccc(CNC(C)c2ccccc2C)cc1O. The van der Waals surface area contributed by atoms with E-state index in [-0.39, 0.29) is 11.8 Å². The molecule has 0 fully saturated rings. The largest absolute Gasteiger partial charge is 0.504 e. The molecule has 0 aliphatic heterocycles. The van der Waals surface area contributed by atoms with Crippen LogP contribution >= 0.6 is 0 Å². The quantitative estimate of drug-likeness (QED) is 0.873. The molecule has 3 nitrogen and oxygen atoms in total. The molecular formula is C17H21NO2. The van der Waals surface area contributed by atoms with Crippen LogP contribution in [0.25, 0.3) is 0 Å². The van der Waals surface area contributed by atoms with Gasteiger partial charge < -0.3 is 15.2 Å². The van der Waals surface area contributed by atoms with Crippen LogP contribution in [-0.4, -0.2) is 12.2 Å². The summed E-state index contributed by atoms with van der Waals surface area (Å²) in [6.07, 6.45) is 0. The summed E-state index contributed by atoms with van der Waals surface area (Å²) in [7, 11) is 1.55. The highest BCUT2D eigenvalue weighted by Gasteiger charge is 2.08. The van der Waals surface area contributed by atoms with Crippen molar-refractivity contribution < 1.29 is 9.84 Å². The highest BCUT2D eigenvalue weighted by atomic mass is 16.5. The lowest BCUT2D eigenvalue weighted by Gasteiger charge is -2.17. The Morgan fingerprint density at radius 3 is 2.60 bits per heavy atom. The molecule has 0 saturated carbocycles. The van der Waals surface area contributed by atoms with Crippen LogP contribution in [0, 0.1) is 6.92 Å². The number of phenols is 1. The van der Waals surface area contributed by atoms with Crippen LogP contribution in [0.15, 0.2) is 42.5 Å². The highest BCUT2D eigenvalue weighted by molar-refractivity contribution is 5.41. The first-order chi connectivity index (χ1) is 9.61. The maximum absolute atomic E-state index is 9.76. The third-order valence-corrected chi connectivity index (χ3v) is 3.51. The van der Waals surface area contributed by atoms with Gasteiger partial charge in [0.1, 0.15) is 0 Å². The second kappa shape index (κ2) is 6.44. The van der Waals surface area contributed by atoms with Crippen LogP contribution in [0.1, 0.15) is 29.7 Å². The van der Waals surface area contributed by atoms with E-state index < -0.39 is 0 Å². The number of hydrogen-bond donors (Lipinski definition) is 2. The Balaban J connectivity index is 2.02. The summed E-state index contributed by atoms with van der Waals surface area (Å²) in [5, 5.41) is 13.2. The third-order valence-electron chi connectivity index (χ3n) is 3.51. The molecule has 0 aliphatic carbocycles. The van der Waals surface area contributed by atoms with Crippen molar-refractivity contribution in [2.45, 2.75) is 26.4 Å². The van der Waals surface area contributed by atoms with E-state index in [0.717, 1.165) is 5.56 Å². The van der Waals surface area contributed by atoms with Crippen molar-refractivity contribution in [3.8, 4) is 11.5 Å². The average molecular weight is 271 g/mol. The van der Waals surface area contributed by atoms with Gasteiger partial charge in [-0.3, -0.25) is 0 Å². The molecule has 0 heterocycles. The monoisotopic (exact) mass is 271 g/mol. The lowest BCUT2D eigenvalue weighted by molar-refractivity contribution is 0.373. The Bertz CT molecular complexity index is 581. The maximum atomic E-state index is 9.76. The third kappa shape index (κ3) is 3.31. The number of methoxy groups -OCH3 is 1. The van der Waals surface area contributed by atoms with Gasteiger partial charge in [0.2, 0.25) is 0 Å². The van der Waals surface area contributed by atoms with Gasteiger partial charge in [-0.2, -0.15) is 0 Å². The molecule has 0 aromatic heterocycles. The molecule has 0 saturated heterocycles. The summed E-state index contributed by atoms with van der Waals surface area (Å²) in [6.45, 7) is 4.96. The lowest BCUT2D eigenvalue weighted by atomic mass is 10.0. The van der Waals surface area contributed by atoms with Crippen molar-refractivity contribution in [3.05, 3.63) is 59.2 Å². The molecule has 1 atom stereocenters. The Kier molecular flexibility index (Phi) is 4.64. The molecule has 0 bridgehead atoms.